The van der Waals surface area contributed by atoms with Crippen LogP contribution in [0.5, 0.6) is 5.75 Å². The first-order valence-corrected chi connectivity index (χ1v) is 10.5. The smallest absolute Gasteiger partial charge is 0.152 e. The lowest BCUT2D eigenvalue weighted by molar-refractivity contribution is 0.241. The Bertz CT molecular complexity index is 954. The summed E-state index contributed by atoms with van der Waals surface area (Å²) in [4.78, 5) is 2.57. The van der Waals surface area contributed by atoms with Gasteiger partial charge in [-0.15, -0.1) is 0 Å². The van der Waals surface area contributed by atoms with E-state index in [4.69, 9.17) is 4.52 Å². The third-order valence-electron chi connectivity index (χ3n) is 6.19. The molecule has 0 radical (unpaired) electrons. The fourth-order valence-corrected chi connectivity index (χ4v) is 4.44. The largest absolute Gasteiger partial charge is 0.508 e. The van der Waals surface area contributed by atoms with Gasteiger partial charge >= 0.3 is 0 Å². The molecule has 0 bridgehead atoms. The number of nitrogens with zero attached hydrogens (tertiary/aromatic N) is 2. The fourth-order valence-electron chi connectivity index (χ4n) is 4.44. The minimum atomic E-state index is 0.0533. The Morgan fingerprint density at radius 1 is 0.966 bits per heavy atom. The second-order valence-corrected chi connectivity index (χ2v) is 8.31. The third-order valence-corrected chi connectivity index (χ3v) is 6.19. The van der Waals surface area contributed by atoms with Crippen LogP contribution in [0.1, 0.15) is 25.0 Å². The number of hydrogen-bond acceptors (Lipinski definition) is 5. The lowest BCUT2D eigenvalue weighted by Gasteiger charge is -2.25. The van der Waals surface area contributed by atoms with Crippen LogP contribution in [0.2, 0.25) is 0 Å². The highest BCUT2D eigenvalue weighted by Crippen LogP contribution is 2.53. The molecule has 1 saturated carbocycles. The summed E-state index contributed by atoms with van der Waals surface area (Å²) < 4.78 is 6.08. The third kappa shape index (κ3) is 3.68. The van der Waals surface area contributed by atoms with Crippen molar-refractivity contribution in [1.29, 1.82) is 0 Å². The molecule has 1 saturated heterocycles. The molecule has 5 nitrogen and oxygen atoms in total. The molecule has 2 heterocycles. The van der Waals surface area contributed by atoms with Crippen LogP contribution in [-0.4, -0.2) is 47.9 Å². The summed E-state index contributed by atoms with van der Waals surface area (Å²) in [5, 5.41) is 17.7. The van der Waals surface area contributed by atoms with Gasteiger partial charge in [0.05, 0.1) is 5.56 Å². The lowest BCUT2D eigenvalue weighted by Crippen LogP contribution is -2.35. The number of aromatic nitrogens is 1. The minimum Gasteiger partial charge on any atom is -0.508 e. The molecular weight excluding hydrogens is 362 g/mol. The second kappa shape index (κ2) is 7.65. The summed E-state index contributed by atoms with van der Waals surface area (Å²) >= 11 is 0. The number of nitrogens with one attached hydrogen (secondary N) is 1. The van der Waals surface area contributed by atoms with E-state index in [1.54, 1.807) is 12.1 Å². The molecule has 2 aromatic carbocycles. The summed E-state index contributed by atoms with van der Waals surface area (Å²) in [6, 6.07) is 17.6. The molecular formula is C24H27N3O2. The maximum absolute atomic E-state index is 9.69. The number of phenolic OH excluding ortho intramolecular Hbond substituents is 1. The Balaban J connectivity index is 1.55. The van der Waals surface area contributed by atoms with Crippen molar-refractivity contribution >= 4 is 0 Å². The van der Waals surface area contributed by atoms with Crippen molar-refractivity contribution in [3.05, 3.63) is 60.4 Å². The van der Waals surface area contributed by atoms with Gasteiger partial charge in [0.1, 0.15) is 11.4 Å². The van der Waals surface area contributed by atoms with Gasteiger partial charge in [-0.25, -0.2) is 0 Å². The summed E-state index contributed by atoms with van der Waals surface area (Å²) in [7, 11) is 0. The minimum absolute atomic E-state index is 0.0533. The summed E-state index contributed by atoms with van der Waals surface area (Å²) in [6.07, 6.45) is 3.47. The van der Waals surface area contributed by atoms with E-state index >= 15 is 0 Å². The predicted octanol–water partition coefficient (Wildman–Crippen LogP) is 4.04. The van der Waals surface area contributed by atoms with Crippen molar-refractivity contribution in [3.63, 3.8) is 0 Å². The van der Waals surface area contributed by atoms with Gasteiger partial charge < -0.3 is 19.8 Å². The Hall–Kier alpha value is -2.63. The molecule has 0 unspecified atom stereocenters. The van der Waals surface area contributed by atoms with Crippen LogP contribution in [-0.2, 0) is 5.41 Å². The highest BCUT2D eigenvalue weighted by atomic mass is 16.5. The Labute approximate surface area is 171 Å². The zero-order chi connectivity index (χ0) is 19.7. The van der Waals surface area contributed by atoms with Crippen molar-refractivity contribution in [2.24, 2.45) is 0 Å². The number of phenols is 1. The van der Waals surface area contributed by atoms with Crippen LogP contribution in [0.4, 0.5) is 0 Å². The normalized spacial score (nSPS) is 19.0. The van der Waals surface area contributed by atoms with Crippen LogP contribution in [0.25, 0.3) is 22.4 Å². The molecule has 0 spiro atoms. The Kier molecular flexibility index (Phi) is 4.86. The van der Waals surface area contributed by atoms with Gasteiger partial charge in [-0.3, -0.25) is 0 Å². The van der Waals surface area contributed by atoms with Crippen molar-refractivity contribution in [2.75, 3.05) is 32.7 Å². The molecule has 5 heteroatoms. The summed E-state index contributed by atoms with van der Waals surface area (Å²) in [5.74, 6) is 1.27. The van der Waals surface area contributed by atoms with Gasteiger partial charge in [0.2, 0.25) is 0 Å². The first kappa shape index (κ1) is 18.4. The maximum Gasteiger partial charge on any atom is 0.152 e. The van der Waals surface area contributed by atoms with Crippen LogP contribution in [0, 0.1) is 0 Å². The quantitative estimate of drug-likeness (QED) is 0.690. The first-order valence-electron chi connectivity index (χ1n) is 10.5. The van der Waals surface area contributed by atoms with Gasteiger partial charge in [0.15, 0.2) is 5.76 Å². The molecule has 150 valence electrons. The standard InChI is InChI=1S/C24H27N3O2/c28-20-9-7-19(8-10-20)22-21(18-5-2-1-3-6-18)23(29-26-22)24(11-12-24)17-27-15-4-13-25-14-16-27/h1-3,5-10,25,28H,4,11-17H2. The van der Waals surface area contributed by atoms with E-state index < -0.39 is 0 Å². The van der Waals surface area contributed by atoms with E-state index in [1.165, 1.54) is 6.42 Å². The molecule has 0 atom stereocenters. The molecule has 3 aromatic rings. The van der Waals surface area contributed by atoms with Crippen molar-refractivity contribution < 1.29 is 9.63 Å². The molecule has 0 amide bonds. The van der Waals surface area contributed by atoms with E-state index in [9.17, 15) is 5.11 Å². The lowest BCUT2D eigenvalue weighted by atomic mass is 9.91. The second-order valence-electron chi connectivity index (χ2n) is 8.31. The van der Waals surface area contributed by atoms with Crippen LogP contribution in [0.3, 0.4) is 0 Å². The number of benzene rings is 2. The van der Waals surface area contributed by atoms with Crippen LogP contribution in [0.15, 0.2) is 59.1 Å². The highest BCUT2D eigenvalue weighted by Gasteiger charge is 2.51. The fraction of sp³-hybridized carbons (Fsp3) is 0.375. The van der Waals surface area contributed by atoms with Crippen LogP contribution >= 0.6 is 0 Å². The van der Waals surface area contributed by atoms with Gasteiger partial charge in [-0.2, -0.15) is 0 Å². The van der Waals surface area contributed by atoms with Gasteiger partial charge in [-0.1, -0.05) is 35.5 Å². The van der Waals surface area contributed by atoms with E-state index in [1.807, 2.05) is 18.2 Å². The van der Waals surface area contributed by atoms with Gasteiger partial charge in [0.25, 0.3) is 0 Å². The molecule has 2 N–H and O–H groups in total. The zero-order valence-electron chi connectivity index (χ0n) is 16.6. The predicted molar refractivity (Wildman–Crippen MR) is 114 cm³/mol. The van der Waals surface area contributed by atoms with Crippen molar-refractivity contribution in [1.82, 2.24) is 15.4 Å². The van der Waals surface area contributed by atoms with Crippen LogP contribution < -0.4 is 5.32 Å². The first-order chi connectivity index (χ1) is 14.3. The van der Waals surface area contributed by atoms with Gasteiger partial charge in [-0.05, 0) is 62.2 Å². The number of rotatable bonds is 5. The average Bonchev–Trinajstić information content (AvgIpc) is 3.46. The van der Waals surface area contributed by atoms with Crippen molar-refractivity contribution in [2.45, 2.75) is 24.7 Å². The van der Waals surface area contributed by atoms with E-state index in [-0.39, 0.29) is 11.2 Å². The SMILES string of the molecule is Oc1ccc(-c2noc(C3(CN4CCCNCC4)CC3)c2-c2ccccc2)cc1. The molecule has 1 aliphatic carbocycles. The Morgan fingerprint density at radius 2 is 1.76 bits per heavy atom. The number of hydrogen-bond donors (Lipinski definition) is 2. The van der Waals surface area contributed by atoms with Gasteiger partial charge in [0, 0.05) is 30.6 Å². The van der Waals surface area contributed by atoms with E-state index in [0.717, 1.165) is 73.7 Å². The zero-order valence-corrected chi connectivity index (χ0v) is 16.6. The highest BCUT2D eigenvalue weighted by molar-refractivity contribution is 5.83. The van der Waals surface area contributed by atoms with Crippen molar-refractivity contribution in [3.8, 4) is 28.1 Å². The maximum atomic E-state index is 9.69. The monoisotopic (exact) mass is 389 g/mol. The molecule has 5 rings (SSSR count). The molecule has 2 aliphatic rings. The molecule has 29 heavy (non-hydrogen) atoms. The molecule has 1 aromatic heterocycles. The average molecular weight is 389 g/mol. The summed E-state index contributed by atoms with van der Waals surface area (Å²) in [5.41, 5.74) is 4.11. The van der Waals surface area contributed by atoms with E-state index in [2.05, 4.69) is 39.6 Å². The molecule has 1 aliphatic heterocycles. The summed E-state index contributed by atoms with van der Waals surface area (Å²) in [6.45, 7) is 5.40. The Morgan fingerprint density at radius 3 is 2.52 bits per heavy atom. The number of aromatic hydroxyl groups is 1. The molecule has 2 fully saturated rings. The topological polar surface area (TPSA) is 61.5 Å². The van der Waals surface area contributed by atoms with E-state index in [0.29, 0.717) is 0 Å².